The van der Waals surface area contributed by atoms with Crippen LogP contribution in [-0.4, -0.2) is 71.4 Å². The number of hydrogen-bond acceptors (Lipinski definition) is 2. The van der Waals surface area contributed by atoms with Crippen molar-refractivity contribution in [3.8, 4) is 0 Å². The Balaban J connectivity index is 2.93. The summed E-state index contributed by atoms with van der Waals surface area (Å²) in [6, 6.07) is 1.34. The van der Waals surface area contributed by atoms with Crippen LogP contribution in [0.3, 0.4) is 0 Å². The Hall–Kier alpha value is -0.410. The van der Waals surface area contributed by atoms with E-state index < -0.39 is 0 Å². The molecule has 3 nitrogen and oxygen atoms in total. The summed E-state index contributed by atoms with van der Waals surface area (Å²) < 4.78 is 2.80. The molecular formula is C23H48N3+. The first kappa shape index (κ1) is 23.6. The van der Waals surface area contributed by atoms with E-state index in [0.717, 1.165) is 0 Å². The van der Waals surface area contributed by atoms with Gasteiger partial charge in [0, 0.05) is 12.8 Å². The first-order valence-electron chi connectivity index (χ1n) is 11.8. The Labute approximate surface area is 164 Å². The summed E-state index contributed by atoms with van der Waals surface area (Å²) in [7, 11) is 0. The SMILES string of the molecule is CCCCCC[N+](CCCCCC)=C1C(N(CC)CC)C1N(CC)CC. The van der Waals surface area contributed by atoms with Crippen LogP contribution in [-0.2, 0) is 0 Å². The van der Waals surface area contributed by atoms with E-state index in [1.165, 1.54) is 90.6 Å². The summed E-state index contributed by atoms with van der Waals surface area (Å²) in [6.07, 6.45) is 10.9. The van der Waals surface area contributed by atoms with Crippen LogP contribution in [0.15, 0.2) is 0 Å². The van der Waals surface area contributed by atoms with Crippen LogP contribution in [0.1, 0.15) is 92.9 Å². The summed E-state index contributed by atoms with van der Waals surface area (Å²) in [5.74, 6) is 0. The molecule has 1 aliphatic rings. The molecule has 0 amide bonds. The third-order valence-corrected chi connectivity index (χ3v) is 6.14. The smallest absolute Gasteiger partial charge is 0.191 e. The molecule has 26 heavy (non-hydrogen) atoms. The zero-order chi connectivity index (χ0) is 19.4. The van der Waals surface area contributed by atoms with Gasteiger partial charge in [-0.3, -0.25) is 9.80 Å². The van der Waals surface area contributed by atoms with Crippen LogP contribution in [0.25, 0.3) is 0 Å². The number of likely N-dealkylation sites (N-methyl/N-ethyl adjacent to an activating group) is 2. The fraction of sp³-hybridized carbons (Fsp3) is 0.957. The summed E-state index contributed by atoms with van der Waals surface area (Å²) in [6.45, 7) is 21.1. The maximum Gasteiger partial charge on any atom is 0.191 e. The molecule has 1 fully saturated rings. The Morgan fingerprint density at radius 2 is 0.962 bits per heavy atom. The minimum atomic E-state index is 0.669. The predicted octanol–water partition coefficient (Wildman–Crippen LogP) is 5.03. The second kappa shape index (κ2) is 13.7. The predicted molar refractivity (Wildman–Crippen MR) is 117 cm³/mol. The highest BCUT2D eigenvalue weighted by Crippen LogP contribution is 2.31. The van der Waals surface area contributed by atoms with E-state index in [9.17, 15) is 0 Å². The molecule has 0 bridgehead atoms. The second-order valence-corrected chi connectivity index (χ2v) is 7.87. The lowest BCUT2D eigenvalue weighted by molar-refractivity contribution is -0.528. The molecule has 1 saturated carbocycles. The third kappa shape index (κ3) is 6.96. The molecule has 2 unspecified atom stereocenters. The molecule has 154 valence electrons. The van der Waals surface area contributed by atoms with Crippen molar-refractivity contribution in [3.05, 3.63) is 0 Å². The van der Waals surface area contributed by atoms with Gasteiger partial charge in [0.05, 0.1) is 0 Å². The topological polar surface area (TPSA) is 9.49 Å². The van der Waals surface area contributed by atoms with Crippen molar-refractivity contribution in [1.29, 1.82) is 0 Å². The van der Waals surface area contributed by atoms with Crippen LogP contribution in [0.4, 0.5) is 0 Å². The minimum Gasteiger partial charge on any atom is -0.290 e. The number of unbranched alkanes of at least 4 members (excludes halogenated alkanes) is 6. The van der Waals surface area contributed by atoms with E-state index in [2.05, 4.69) is 55.9 Å². The van der Waals surface area contributed by atoms with E-state index in [4.69, 9.17) is 0 Å². The highest BCUT2D eigenvalue weighted by atomic mass is 15.3. The van der Waals surface area contributed by atoms with E-state index in [1.54, 1.807) is 5.71 Å². The monoisotopic (exact) mass is 366 g/mol. The van der Waals surface area contributed by atoms with Gasteiger partial charge in [0.25, 0.3) is 0 Å². The molecule has 0 aromatic carbocycles. The molecule has 0 aliphatic heterocycles. The molecule has 0 radical (unpaired) electrons. The maximum atomic E-state index is 2.80. The van der Waals surface area contributed by atoms with E-state index >= 15 is 0 Å². The zero-order valence-corrected chi connectivity index (χ0v) is 18.9. The quantitative estimate of drug-likeness (QED) is 0.280. The van der Waals surface area contributed by atoms with Crippen molar-refractivity contribution < 1.29 is 4.58 Å². The van der Waals surface area contributed by atoms with Gasteiger partial charge in [-0.25, -0.2) is 4.58 Å². The third-order valence-electron chi connectivity index (χ3n) is 6.14. The van der Waals surface area contributed by atoms with Crippen LogP contribution in [0.5, 0.6) is 0 Å². The fourth-order valence-corrected chi connectivity index (χ4v) is 4.43. The summed E-state index contributed by atoms with van der Waals surface area (Å²) >= 11 is 0. The second-order valence-electron chi connectivity index (χ2n) is 7.87. The molecule has 0 spiro atoms. The molecule has 0 N–H and O–H groups in total. The number of rotatable bonds is 16. The van der Waals surface area contributed by atoms with E-state index in [-0.39, 0.29) is 0 Å². The van der Waals surface area contributed by atoms with Crippen LogP contribution in [0.2, 0.25) is 0 Å². The van der Waals surface area contributed by atoms with Crippen molar-refractivity contribution in [1.82, 2.24) is 9.80 Å². The number of nitrogens with zero attached hydrogens (tertiary/aromatic N) is 3. The van der Waals surface area contributed by atoms with Gasteiger partial charge in [-0.1, -0.05) is 67.2 Å². The molecular weight excluding hydrogens is 318 g/mol. The lowest BCUT2D eigenvalue weighted by Gasteiger charge is -2.20. The Bertz CT molecular complexity index is 349. The van der Waals surface area contributed by atoms with Gasteiger partial charge in [-0.15, -0.1) is 0 Å². The van der Waals surface area contributed by atoms with Crippen molar-refractivity contribution in [2.75, 3.05) is 39.3 Å². The Morgan fingerprint density at radius 1 is 0.577 bits per heavy atom. The molecule has 0 aromatic heterocycles. The molecule has 1 aliphatic carbocycles. The van der Waals surface area contributed by atoms with Crippen LogP contribution >= 0.6 is 0 Å². The summed E-state index contributed by atoms with van der Waals surface area (Å²) in [5.41, 5.74) is 1.74. The largest absolute Gasteiger partial charge is 0.290 e. The van der Waals surface area contributed by atoms with Crippen molar-refractivity contribution in [2.45, 2.75) is 105 Å². The molecule has 0 aromatic rings. The summed E-state index contributed by atoms with van der Waals surface area (Å²) in [5, 5.41) is 0. The average Bonchev–Trinajstić information content (AvgIpc) is 3.37. The van der Waals surface area contributed by atoms with E-state index in [1.807, 2.05) is 0 Å². The van der Waals surface area contributed by atoms with Gasteiger partial charge in [0.1, 0.15) is 25.2 Å². The number of hydrogen-bond donors (Lipinski definition) is 0. The molecule has 2 atom stereocenters. The maximum absolute atomic E-state index is 2.80. The van der Waals surface area contributed by atoms with Crippen molar-refractivity contribution in [2.24, 2.45) is 0 Å². The molecule has 0 saturated heterocycles. The molecule has 3 heteroatoms. The highest BCUT2D eigenvalue weighted by Gasteiger charge is 2.58. The van der Waals surface area contributed by atoms with Crippen molar-refractivity contribution >= 4 is 5.71 Å². The molecule has 0 heterocycles. The van der Waals surface area contributed by atoms with Gasteiger partial charge in [0.15, 0.2) is 5.71 Å². The highest BCUT2D eigenvalue weighted by molar-refractivity contribution is 6.08. The van der Waals surface area contributed by atoms with Gasteiger partial charge >= 0.3 is 0 Å². The average molecular weight is 367 g/mol. The van der Waals surface area contributed by atoms with Gasteiger partial charge in [-0.05, 0) is 39.0 Å². The van der Waals surface area contributed by atoms with Gasteiger partial charge in [-0.2, -0.15) is 0 Å². The van der Waals surface area contributed by atoms with Crippen LogP contribution in [0, 0.1) is 0 Å². The Morgan fingerprint density at radius 3 is 1.27 bits per heavy atom. The Kier molecular flexibility index (Phi) is 12.5. The minimum absolute atomic E-state index is 0.669. The lowest BCUT2D eigenvalue weighted by atomic mass is 10.2. The lowest BCUT2D eigenvalue weighted by Crippen LogP contribution is -2.34. The van der Waals surface area contributed by atoms with Gasteiger partial charge in [0.2, 0.25) is 0 Å². The first-order chi connectivity index (χ1) is 12.7. The normalized spacial score (nSPS) is 19.6. The molecule has 1 rings (SSSR count). The first-order valence-corrected chi connectivity index (χ1v) is 11.8. The fourth-order valence-electron chi connectivity index (χ4n) is 4.43. The standard InChI is InChI=1S/C23H48N3/c1-7-13-15-17-19-26(20-18-16-14-8-2)23-21(24(9-3)10-4)22(23)25(11-5)12-6/h21-22H,7-20H2,1-6H3/q+1. The zero-order valence-electron chi connectivity index (χ0n) is 18.9. The van der Waals surface area contributed by atoms with Crippen molar-refractivity contribution in [3.63, 3.8) is 0 Å². The summed E-state index contributed by atoms with van der Waals surface area (Å²) in [4.78, 5) is 5.37. The van der Waals surface area contributed by atoms with E-state index in [0.29, 0.717) is 12.1 Å². The van der Waals surface area contributed by atoms with Crippen LogP contribution < -0.4 is 0 Å². The van der Waals surface area contributed by atoms with Gasteiger partial charge < -0.3 is 0 Å².